The highest BCUT2D eigenvalue weighted by Gasteiger charge is 2.22. The van der Waals surface area contributed by atoms with Crippen LogP contribution in [0.2, 0.25) is 4.34 Å². The van der Waals surface area contributed by atoms with Crippen LogP contribution in [0.5, 0.6) is 0 Å². The number of amides is 2. The minimum Gasteiger partial charge on any atom is -0.382 e. The number of nitrogens with two attached hydrogens (primary N) is 1. The van der Waals surface area contributed by atoms with Crippen LogP contribution in [0.3, 0.4) is 0 Å². The van der Waals surface area contributed by atoms with Crippen LogP contribution in [-0.2, 0) is 9.68 Å². The molecule has 0 spiro atoms. The summed E-state index contributed by atoms with van der Waals surface area (Å²) in [5.41, 5.74) is 8.33. The van der Waals surface area contributed by atoms with Gasteiger partial charge in [0.15, 0.2) is 0 Å². The van der Waals surface area contributed by atoms with E-state index in [0.717, 1.165) is 30.9 Å². The highest BCUT2D eigenvalue weighted by molar-refractivity contribution is 7.18. The molecule has 1 fully saturated rings. The number of carbonyl (C=O) groups excluding carboxylic acids is 2. The lowest BCUT2D eigenvalue weighted by Crippen LogP contribution is -2.37. The van der Waals surface area contributed by atoms with E-state index < -0.39 is 6.10 Å². The van der Waals surface area contributed by atoms with Crippen molar-refractivity contribution in [2.45, 2.75) is 25.5 Å². The van der Waals surface area contributed by atoms with Crippen LogP contribution in [0.15, 0.2) is 30.3 Å². The Hall–Kier alpha value is -2.37. The summed E-state index contributed by atoms with van der Waals surface area (Å²) in [7, 11) is 0. The average Bonchev–Trinajstić information content (AvgIpc) is 3.36. The maximum atomic E-state index is 12.1. The summed E-state index contributed by atoms with van der Waals surface area (Å²) >= 11 is 7.02. The number of nitrogens with one attached hydrogen (secondary N) is 3. The largest absolute Gasteiger partial charge is 0.382 e. The molecule has 11 heteroatoms. The Labute approximate surface area is 189 Å². The van der Waals surface area contributed by atoms with Crippen molar-refractivity contribution in [1.29, 1.82) is 0 Å². The Balaban J connectivity index is 1.59. The molecule has 1 aliphatic rings. The van der Waals surface area contributed by atoms with Crippen molar-refractivity contribution in [3.8, 4) is 0 Å². The van der Waals surface area contributed by atoms with E-state index >= 15 is 0 Å². The van der Waals surface area contributed by atoms with Crippen LogP contribution in [0.25, 0.3) is 0 Å². The average molecular weight is 468 g/mol. The predicted molar refractivity (Wildman–Crippen MR) is 123 cm³/mol. The molecule has 0 aliphatic carbocycles. The molecule has 1 saturated heterocycles. The fourth-order valence-electron chi connectivity index (χ4n) is 3.33. The fourth-order valence-corrected chi connectivity index (χ4v) is 4.29. The first kappa shape index (κ1) is 23.3. The third-order valence-electron chi connectivity index (χ3n) is 4.84. The number of nitrogens with zero attached hydrogens (tertiary/aromatic N) is 1. The van der Waals surface area contributed by atoms with Crippen molar-refractivity contribution in [2.75, 3.05) is 41.7 Å². The van der Waals surface area contributed by atoms with E-state index in [-0.39, 0.29) is 30.9 Å². The van der Waals surface area contributed by atoms with Crippen molar-refractivity contribution in [2.24, 2.45) is 5.73 Å². The topological polar surface area (TPSA) is 129 Å². The summed E-state index contributed by atoms with van der Waals surface area (Å²) in [6.45, 7) is 3.35. The van der Waals surface area contributed by atoms with Crippen molar-refractivity contribution >= 4 is 51.8 Å². The molecule has 9 nitrogen and oxygen atoms in total. The normalized spacial score (nSPS) is 16.8. The molecular weight excluding hydrogens is 442 g/mol. The molecule has 3 rings (SSSR count). The van der Waals surface area contributed by atoms with Crippen molar-refractivity contribution in [3.05, 3.63) is 39.5 Å². The summed E-state index contributed by atoms with van der Waals surface area (Å²) in [5.74, 6) is -0.463. The monoisotopic (exact) mass is 467 g/mol. The maximum absolute atomic E-state index is 12.1. The number of anilines is 3. The Kier molecular flexibility index (Phi) is 8.10. The van der Waals surface area contributed by atoms with Crippen molar-refractivity contribution in [1.82, 2.24) is 5.32 Å². The Morgan fingerprint density at radius 2 is 2.16 bits per heavy atom. The lowest BCUT2D eigenvalue weighted by Gasteiger charge is -2.23. The number of hydrogen-bond acceptors (Lipinski definition) is 8. The van der Waals surface area contributed by atoms with Crippen LogP contribution < -0.4 is 26.6 Å². The Bertz CT molecular complexity index is 925. The molecule has 168 valence electrons. The molecule has 1 aromatic heterocycles. The number of hydrogen-bond donors (Lipinski definition) is 5. The molecule has 2 unspecified atom stereocenters. The molecule has 1 aromatic carbocycles. The summed E-state index contributed by atoms with van der Waals surface area (Å²) in [4.78, 5) is 30.9. The van der Waals surface area contributed by atoms with Gasteiger partial charge in [-0.1, -0.05) is 11.6 Å². The first-order valence-electron chi connectivity index (χ1n) is 9.85. The molecule has 6 N–H and O–H groups in total. The van der Waals surface area contributed by atoms with Crippen molar-refractivity contribution in [3.63, 3.8) is 0 Å². The van der Waals surface area contributed by atoms with Crippen LogP contribution in [0.1, 0.15) is 23.0 Å². The Morgan fingerprint density at radius 1 is 1.35 bits per heavy atom. The number of benzene rings is 1. The van der Waals surface area contributed by atoms with Crippen molar-refractivity contribution < 1.29 is 19.7 Å². The van der Waals surface area contributed by atoms with Crippen LogP contribution in [0.4, 0.5) is 17.1 Å². The van der Waals surface area contributed by atoms with E-state index in [1.807, 2.05) is 18.2 Å². The van der Waals surface area contributed by atoms with E-state index in [2.05, 4.69) is 25.7 Å². The van der Waals surface area contributed by atoms with Gasteiger partial charge in [0, 0.05) is 44.8 Å². The second-order valence-corrected chi connectivity index (χ2v) is 9.05. The highest BCUT2D eigenvalue weighted by atomic mass is 35.5. The standard InChI is InChI=1S/C20H26ClN5O4S/c1-12(27)25-16-8-14(2-3-17(16)26-7-6-13(22)11-26)23-9-15(30-29)10-24-20(28)18-4-5-19(21)31-18/h2-5,8,13,15,23,29H,6-7,9-11,22H2,1H3,(H,24,28)(H,25,27). The molecular formula is C20H26ClN5O4S. The molecule has 2 aromatic rings. The SMILES string of the molecule is CC(=O)Nc1cc(NCC(CNC(=O)c2ccc(Cl)s2)OO)ccc1N1CCC(N)C1. The highest BCUT2D eigenvalue weighted by Crippen LogP contribution is 2.31. The van der Waals surface area contributed by atoms with Gasteiger partial charge in [0.25, 0.3) is 5.91 Å². The van der Waals surface area contributed by atoms with Gasteiger partial charge in [0.05, 0.1) is 20.6 Å². The van der Waals surface area contributed by atoms with Gasteiger partial charge in [0.1, 0.15) is 6.10 Å². The molecule has 1 aliphatic heterocycles. The third-order valence-corrected chi connectivity index (χ3v) is 6.07. The van der Waals surface area contributed by atoms with Crippen LogP contribution in [-0.4, -0.2) is 55.4 Å². The van der Waals surface area contributed by atoms with Gasteiger partial charge >= 0.3 is 0 Å². The maximum Gasteiger partial charge on any atom is 0.261 e. The van der Waals surface area contributed by atoms with E-state index in [1.165, 1.54) is 18.3 Å². The van der Waals surface area contributed by atoms with E-state index in [0.29, 0.717) is 14.9 Å². The van der Waals surface area contributed by atoms with Crippen LogP contribution >= 0.6 is 22.9 Å². The molecule has 2 atom stereocenters. The summed E-state index contributed by atoms with van der Waals surface area (Å²) in [5, 5.41) is 17.9. The first-order chi connectivity index (χ1) is 14.9. The van der Waals surface area contributed by atoms with Gasteiger partial charge in [-0.05, 0) is 36.8 Å². The third kappa shape index (κ3) is 6.55. The lowest BCUT2D eigenvalue weighted by atomic mass is 10.2. The molecule has 0 bridgehead atoms. The molecule has 0 radical (unpaired) electrons. The van der Waals surface area contributed by atoms with Crippen LogP contribution in [0, 0.1) is 0 Å². The molecule has 2 amide bonds. The second kappa shape index (κ2) is 10.8. The first-order valence-corrected chi connectivity index (χ1v) is 11.0. The zero-order chi connectivity index (χ0) is 22.4. The number of thiophene rings is 1. The van der Waals surface area contributed by atoms with Gasteiger partial charge in [-0.15, -0.1) is 11.3 Å². The zero-order valence-corrected chi connectivity index (χ0v) is 18.6. The van der Waals surface area contributed by atoms with Gasteiger partial charge in [0.2, 0.25) is 5.91 Å². The minimum absolute atomic E-state index is 0.0974. The summed E-state index contributed by atoms with van der Waals surface area (Å²) in [6, 6.07) is 9.02. The molecule has 2 heterocycles. The van der Waals surface area contributed by atoms with Gasteiger partial charge < -0.3 is 26.6 Å². The van der Waals surface area contributed by atoms with E-state index in [1.54, 1.807) is 12.1 Å². The van der Waals surface area contributed by atoms with Gasteiger partial charge in [-0.3, -0.25) is 14.8 Å². The van der Waals surface area contributed by atoms with E-state index in [4.69, 9.17) is 17.3 Å². The van der Waals surface area contributed by atoms with Gasteiger partial charge in [-0.2, -0.15) is 0 Å². The molecule has 0 saturated carbocycles. The fraction of sp³-hybridized carbons (Fsp3) is 0.400. The zero-order valence-electron chi connectivity index (χ0n) is 17.1. The van der Waals surface area contributed by atoms with E-state index in [9.17, 15) is 14.8 Å². The minimum atomic E-state index is -0.681. The number of rotatable bonds is 9. The molecule has 31 heavy (non-hydrogen) atoms. The van der Waals surface area contributed by atoms with Gasteiger partial charge in [-0.25, -0.2) is 4.89 Å². The second-order valence-electron chi connectivity index (χ2n) is 7.33. The quantitative estimate of drug-likeness (QED) is 0.283. The summed E-state index contributed by atoms with van der Waals surface area (Å²) < 4.78 is 0.524. The number of carbonyl (C=O) groups is 2. The Morgan fingerprint density at radius 3 is 2.77 bits per heavy atom. The number of halogens is 1. The summed E-state index contributed by atoms with van der Waals surface area (Å²) in [6.07, 6.45) is 0.221. The predicted octanol–water partition coefficient (Wildman–Crippen LogP) is 2.60. The smallest absolute Gasteiger partial charge is 0.261 e. The lowest BCUT2D eigenvalue weighted by molar-refractivity contribution is -0.272.